The van der Waals surface area contributed by atoms with Gasteiger partial charge < -0.3 is 25.5 Å². The van der Waals surface area contributed by atoms with E-state index in [4.69, 9.17) is 10.2 Å². The molecule has 1 fully saturated rings. The van der Waals surface area contributed by atoms with Crippen molar-refractivity contribution in [2.45, 2.75) is 24.7 Å². The van der Waals surface area contributed by atoms with Gasteiger partial charge >= 0.3 is 0 Å². The summed E-state index contributed by atoms with van der Waals surface area (Å²) in [5.41, 5.74) is 0. The molecular weight excluding hydrogens is 176 g/mol. The minimum atomic E-state index is -1.22. The second-order valence-electron chi connectivity index (χ2n) is 3.57. The fourth-order valence-corrected chi connectivity index (χ4v) is 1.85. The maximum absolute atomic E-state index is 9.43. The van der Waals surface area contributed by atoms with Crippen LogP contribution in [0.3, 0.4) is 0 Å². The van der Waals surface area contributed by atoms with E-state index in [9.17, 15) is 15.3 Å². The molecule has 0 heterocycles. The lowest BCUT2D eigenvalue weighted by molar-refractivity contribution is -0.144. The molecule has 0 amide bonds. The average Bonchev–Trinajstić information content (AvgIpc) is 2.13. The van der Waals surface area contributed by atoms with Crippen LogP contribution in [0.25, 0.3) is 0 Å². The van der Waals surface area contributed by atoms with E-state index < -0.39 is 24.2 Å². The zero-order chi connectivity index (χ0) is 10.0. The van der Waals surface area contributed by atoms with Crippen molar-refractivity contribution < 1.29 is 25.5 Å². The molecule has 0 bridgehead atoms. The maximum Gasteiger partial charge on any atom is 0.106 e. The van der Waals surface area contributed by atoms with Crippen LogP contribution in [0.5, 0.6) is 0 Å². The van der Waals surface area contributed by atoms with Crippen molar-refractivity contribution in [2.24, 2.45) is 11.8 Å². The molecule has 5 atom stereocenters. The van der Waals surface area contributed by atoms with Crippen LogP contribution in [0, 0.1) is 11.8 Å². The molecule has 78 valence electrons. The monoisotopic (exact) mass is 192 g/mol. The highest BCUT2D eigenvalue weighted by atomic mass is 16.4. The van der Waals surface area contributed by atoms with Crippen molar-refractivity contribution in [1.82, 2.24) is 0 Å². The third-order valence-corrected chi connectivity index (χ3v) is 2.78. The van der Waals surface area contributed by atoms with E-state index in [0.717, 1.165) is 0 Å². The average molecular weight is 192 g/mol. The smallest absolute Gasteiger partial charge is 0.106 e. The molecule has 0 aliphatic heterocycles. The molecule has 5 nitrogen and oxygen atoms in total. The fraction of sp³-hybridized carbons (Fsp3) is 1.00. The lowest BCUT2D eigenvalue weighted by Crippen LogP contribution is -2.52. The first-order valence-electron chi connectivity index (χ1n) is 4.37. The first-order valence-corrected chi connectivity index (χ1v) is 4.37. The summed E-state index contributed by atoms with van der Waals surface area (Å²) in [5, 5.41) is 45.8. The van der Waals surface area contributed by atoms with Gasteiger partial charge in [0.1, 0.15) is 6.10 Å². The molecule has 1 aliphatic rings. The van der Waals surface area contributed by atoms with Gasteiger partial charge in [0.15, 0.2) is 0 Å². The Kier molecular flexibility index (Phi) is 3.63. The highest BCUT2D eigenvalue weighted by molar-refractivity contribution is 4.91. The topological polar surface area (TPSA) is 101 Å². The standard InChI is InChI=1S/C8H16O5/c9-2-4-1-6(11)8(13)7(12)5(4)3-10/h4-13H,1-3H2/t4-,5-,6-,7-,8-/m1/s1. The molecule has 0 radical (unpaired) electrons. The van der Waals surface area contributed by atoms with E-state index in [1.807, 2.05) is 0 Å². The maximum atomic E-state index is 9.43. The van der Waals surface area contributed by atoms with Crippen molar-refractivity contribution in [2.75, 3.05) is 13.2 Å². The van der Waals surface area contributed by atoms with Crippen molar-refractivity contribution in [3.8, 4) is 0 Å². The predicted octanol–water partition coefficient (Wildman–Crippen LogP) is -2.31. The Balaban J connectivity index is 2.69. The summed E-state index contributed by atoms with van der Waals surface area (Å²) in [6.07, 6.45) is -3.19. The van der Waals surface area contributed by atoms with Gasteiger partial charge in [-0.15, -0.1) is 0 Å². The Morgan fingerprint density at radius 1 is 0.923 bits per heavy atom. The van der Waals surface area contributed by atoms with Crippen molar-refractivity contribution in [1.29, 1.82) is 0 Å². The Morgan fingerprint density at radius 2 is 1.54 bits per heavy atom. The Bertz CT molecular complexity index is 161. The lowest BCUT2D eigenvalue weighted by Gasteiger charge is -2.39. The first kappa shape index (κ1) is 10.9. The highest BCUT2D eigenvalue weighted by Crippen LogP contribution is 2.30. The molecule has 13 heavy (non-hydrogen) atoms. The minimum absolute atomic E-state index is 0.202. The summed E-state index contributed by atoms with van der Waals surface area (Å²) in [6, 6.07) is 0. The second kappa shape index (κ2) is 4.34. The van der Waals surface area contributed by atoms with Crippen molar-refractivity contribution in [3.05, 3.63) is 0 Å². The molecule has 1 rings (SSSR count). The van der Waals surface area contributed by atoms with Gasteiger partial charge in [0, 0.05) is 19.1 Å². The number of aliphatic hydroxyl groups is 5. The van der Waals surface area contributed by atoms with E-state index in [1.165, 1.54) is 0 Å². The molecule has 0 spiro atoms. The van der Waals surface area contributed by atoms with E-state index in [0.29, 0.717) is 0 Å². The zero-order valence-corrected chi connectivity index (χ0v) is 7.24. The van der Waals surface area contributed by atoms with Crippen molar-refractivity contribution >= 4 is 0 Å². The van der Waals surface area contributed by atoms with E-state index in [1.54, 1.807) is 0 Å². The molecule has 5 heteroatoms. The van der Waals surface area contributed by atoms with Crippen LogP contribution in [0.2, 0.25) is 0 Å². The van der Waals surface area contributed by atoms with Crippen LogP contribution in [0.15, 0.2) is 0 Å². The van der Waals surface area contributed by atoms with Gasteiger partial charge in [-0.05, 0) is 12.3 Å². The third kappa shape index (κ3) is 2.00. The van der Waals surface area contributed by atoms with E-state index >= 15 is 0 Å². The van der Waals surface area contributed by atoms with Crippen LogP contribution in [0.1, 0.15) is 6.42 Å². The predicted molar refractivity (Wildman–Crippen MR) is 43.8 cm³/mol. The van der Waals surface area contributed by atoms with Gasteiger partial charge in [-0.2, -0.15) is 0 Å². The van der Waals surface area contributed by atoms with Crippen LogP contribution >= 0.6 is 0 Å². The Hall–Kier alpha value is -0.200. The van der Waals surface area contributed by atoms with E-state index in [-0.39, 0.29) is 25.6 Å². The van der Waals surface area contributed by atoms with Gasteiger partial charge in [0.05, 0.1) is 12.2 Å². The summed E-state index contributed by atoms with van der Waals surface area (Å²) >= 11 is 0. The Labute approximate surface area is 76.3 Å². The van der Waals surface area contributed by atoms with Crippen molar-refractivity contribution in [3.63, 3.8) is 0 Å². The summed E-state index contributed by atoms with van der Waals surface area (Å²) < 4.78 is 0. The SMILES string of the molecule is OC[C@H]1C[C@@H](O)[C@@H](O)[C@H](O)[C@@H]1CO. The minimum Gasteiger partial charge on any atom is -0.396 e. The van der Waals surface area contributed by atoms with Gasteiger partial charge in [-0.3, -0.25) is 0 Å². The molecule has 0 unspecified atom stereocenters. The lowest BCUT2D eigenvalue weighted by atomic mass is 9.75. The number of rotatable bonds is 2. The highest BCUT2D eigenvalue weighted by Gasteiger charge is 2.41. The summed E-state index contributed by atoms with van der Waals surface area (Å²) in [7, 11) is 0. The zero-order valence-electron chi connectivity index (χ0n) is 7.24. The van der Waals surface area contributed by atoms with Crippen LogP contribution < -0.4 is 0 Å². The third-order valence-electron chi connectivity index (χ3n) is 2.78. The molecule has 0 aromatic rings. The first-order chi connectivity index (χ1) is 6.11. The van der Waals surface area contributed by atoms with Crippen LogP contribution in [-0.4, -0.2) is 57.1 Å². The summed E-state index contributed by atoms with van der Waals surface area (Å²) in [5.74, 6) is -0.901. The molecule has 0 aromatic heterocycles. The van der Waals surface area contributed by atoms with Gasteiger partial charge in [0.25, 0.3) is 0 Å². The normalized spacial score (nSPS) is 46.4. The largest absolute Gasteiger partial charge is 0.396 e. The Morgan fingerprint density at radius 3 is 2.00 bits per heavy atom. The number of hydrogen-bond donors (Lipinski definition) is 5. The van der Waals surface area contributed by atoms with Crippen LogP contribution in [0.4, 0.5) is 0 Å². The number of aliphatic hydroxyl groups excluding tert-OH is 5. The van der Waals surface area contributed by atoms with Gasteiger partial charge in [-0.25, -0.2) is 0 Å². The molecule has 1 aliphatic carbocycles. The summed E-state index contributed by atoms with van der Waals surface area (Å²) in [6.45, 7) is -0.498. The second-order valence-corrected chi connectivity index (χ2v) is 3.57. The quantitative estimate of drug-likeness (QED) is 0.338. The fourth-order valence-electron chi connectivity index (χ4n) is 1.85. The molecule has 0 saturated heterocycles. The summed E-state index contributed by atoms with van der Waals surface area (Å²) in [4.78, 5) is 0. The van der Waals surface area contributed by atoms with Gasteiger partial charge in [-0.1, -0.05) is 0 Å². The molecular formula is C8H16O5. The molecule has 0 aromatic carbocycles. The number of hydrogen-bond acceptors (Lipinski definition) is 5. The molecule has 1 saturated carbocycles. The molecule has 5 N–H and O–H groups in total. The van der Waals surface area contributed by atoms with E-state index in [2.05, 4.69) is 0 Å². The van der Waals surface area contributed by atoms with Crippen LogP contribution in [-0.2, 0) is 0 Å². The van der Waals surface area contributed by atoms with Gasteiger partial charge in [0.2, 0.25) is 0 Å².